The molecular weight excluding hydrogens is 376 g/mol. The molecule has 0 spiro atoms. The molecule has 1 amide bonds. The predicted molar refractivity (Wildman–Crippen MR) is 110 cm³/mol. The predicted octanol–water partition coefficient (Wildman–Crippen LogP) is 2.88. The molecule has 148 valence electrons. The summed E-state index contributed by atoms with van der Waals surface area (Å²) < 4.78 is 4.67. The number of pyridine rings is 1. The van der Waals surface area contributed by atoms with Crippen LogP contribution in [-0.4, -0.2) is 40.7 Å². The van der Waals surface area contributed by atoms with Gasteiger partial charge >= 0.3 is 0 Å². The summed E-state index contributed by atoms with van der Waals surface area (Å²) in [6, 6.07) is 10.7. The first kappa shape index (κ1) is 21.6. The number of Topliss-reactive ketones (excluding diaryl/α,β-unsaturated/α-hetero) is 1. The summed E-state index contributed by atoms with van der Waals surface area (Å²) in [6.45, 7) is 3.65. The number of nitrogens with one attached hydrogen (secondary N) is 1. The van der Waals surface area contributed by atoms with Gasteiger partial charge in [0.15, 0.2) is 12.2 Å². The van der Waals surface area contributed by atoms with Crippen LogP contribution < -0.4 is 10.1 Å². The van der Waals surface area contributed by atoms with E-state index in [9.17, 15) is 14.4 Å². The summed E-state index contributed by atoms with van der Waals surface area (Å²) >= 11 is 0.949. The van der Waals surface area contributed by atoms with Crippen LogP contribution in [0, 0.1) is 0 Å². The molecule has 2 rings (SSSR count). The van der Waals surface area contributed by atoms with Crippen LogP contribution in [0.15, 0.2) is 42.6 Å². The average Bonchev–Trinajstić information content (AvgIpc) is 2.72. The third-order valence-corrected chi connectivity index (χ3v) is 5.32. The maximum atomic E-state index is 12.2. The number of ether oxygens (including phenoxy) is 1. The van der Waals surface area contributed by atoms with E-state index in [0.29, 0.717) is 23.5 Å². The average molecular weight is 401 g/mol. The van der Waals surface area contributed by atoms with Gasteiger partial charge in [0.05, 0.1) is 0 Å². The number of aryl methyl sites for hydroxylation is 1. The molecule has 2 aromatic rings. The van der Waals surface area contributed by atoms with Crippen LogP contribution in [-0.2, 0) is 22.4 Å². The van der Waals surface area contributed by atoms with Crippen LogP contribution in [0.3, 0.4) is 0 Å². The standard InChI is InChI=1S/C21H24N2O4S/c1-4-15-7-10-18(23-12-15)19(25)13-27-17-8-5-16(6-9-17)11-21(2,28-14-24)20(26)22-3/h5-10,12,14H,4,11,13H2,1-3H3,(H,22,26). The zero-order valence-electron chi connectivity index (χ0n) is 16.2. The second-order valence-corrected chi connectivity index (χ2v) is 7.79. The molecule has 28 heavy (non-hydrogen) atoms. The van der Waals surface area contributed by atoms with Crippen LogP contribution in [0.4, 0.5) is 0 Å². The Labute approximate surface area is 169 Å². The van der Waals surface area contributed by atoms with E-state index in [1.165, 1.54) is 0 Å². The van der Waals surface area contributed by atoms with Gasteiger partial charge in [-0.2, -0.15) is 0 Å². The SMILES string of the molecule is CCc1ccc(C(=O)COc2ccc(CC(C)(SC=O)C(=O)NC)cc2)nc1. The highest BCUT2D eigenvalue weighted by atomic mass is 32.2. The lowest BCUT2D eigenvalue weighted by molar-refractivity contribution is -0.122. The van der Waals surface area contributed by atoms with Gasteiger partial charge in [-0.15, -0.1) is 0 Å². The maximum absolute atomic E-state index is 12.2. The van der Waals surface area contributed by atoms with Gasteiger partial charge in [-0.05, 0) is 49.1 Å². The third kappa shape index (κ3) is 5.66. The second-order valence-electron chi connectivity index (χ2n) is 6.46. The highest BCUT2D eigenvalue weighted by Crippen LogP contribution is 2.28. The molecule has 0 radical (unpaired) electrons. The van der Waals surface area contributed by atoms with Crippen molar-refractivity contribution in [2.75, 3.05) is 13.7 Å². The van der Waals surface area contributed by atoms with Crippen LogP contribution >= 0.6 is 11.8 Å². The Morgan fingerprint density at radius 2 is 1.86 bits per heavy atom. The van der Waals surface area contributed by atoms with Gasteiger partial charge in [0.1, 0.15) is 16.2 Å². The molecule has 1 atom stereocenters. The van der Waals surface area contributed by atoms with Crippen molar-refractivity contribution in [1.29, 1.82) is 0 Å². The molecule has 0 aliphatic heterocycles. The van der Waals surface area contributed by atoms with E-state index in [4.69, 9.17) is 4.74 Å². The van der Waals surface area contributed by atoms with Crippen molar-refractivity contribution in [2.45, 2.75) is 31.4 Å². The molecule has 1 aromatic heterocycles. The number of nitrogens with zero attached hydrogens (tertiary/aromatic N) is 1. The van der Waals surface area contributed by atoms with E-state index in [-0.39, 0.29) is 18.3 Å². The van der Waals surface area contributed by atoms with E-state index < -0.39 is 4.75 Å². The van der Waals surface area contributed by atoms with E-state index in [2.05, 4.69) is 10.3 Å². The van der Waals surface area contributed by atoms with Crippen molar-refractivity contribution in [3.63, 3.8) is 0 Å². The largest absolute Gasteiger partial charge is 0.485 e. The van der Waals surface area contributed by atoms with Crippen LogP contribution in [0.5, 0.6) is 5.75 Å². The highest BCUT2D eigenvalue weighted by molar-refractivity contribution is 8.13. The minimum atomic E-state index is -0.884. The second kappa shape index (κ2) is 10.0. The van der Waals surface area contributed by atoms with Crippen LogP contribution in [0.2, 0.25) is 0 Å². The van der Waals surface area contributed by atoms with Gasteiger partial charge in [-0.1, -0.05) is 36.9 Å². The fourth-order valence-corrected chi connectivity index (χ4v) is 3.33. The first-order valence-electron chi connectivity index (χ1n) is 8.95. The zero-order chi connectivity index (χ0) is 20.6. The summed E-state index contributed by atoms with van der Waals surface area (Å²) in [5.41, 5.74) is 3.01. The number of amides is 1. The number of carbonyl (C=O) groups is 3. The summed E-state index contributed by atoms with van der Waals surface area (Å²) in [4.78, 5) is 39.3. The number of benzene rings is 1. The van der Waals surface area contributed by atoms with Gasteiger partial charge in [-0.25, -0.2) is 0 Å². The van der Waals surface area contributed by atoms with E-state index in [1.807, 2.05) is 25.1 Å². The fourth-order valence-electron chi connectivity index (χ4n) is 2.66. The zero-order valence-corrected chi connectivity index (χ0v) is 17.0. The lowest BCUT2D eigenvalue weighted by atomic mass is 9.99. The fraction of sp³-hybridized carbons (Fsp3) is 0.333. The maximum Gasteiger partial charge on any atom is 0.236 e. The van der Waals surface area contributed by atoms with Gasteiger partial charge in [0.2, 0.25) is 11.7 Å². The molecule has 7 heteroatoms. The molecule has 1 heterocycles. The van der Waals surface area contributed by atoms with Crippen molar-refractivity contribution >= 4 is 29.1 Å². The van der Waals surface area contributed by atoms with Gasteiger partial charge in [0, 0.05) is 13.2 Å². The quantitative estimate of drug-likeness (QED) is 0.488. The Hall–Kier alpha value is -2.67. The number of hydrogen-bond acceptors (Lipinski definition) is 6. The molecule has 0 bridgehead atoms. The molecule has 0 saturated carbocycles. The summed E-state index contributed by atoms with van der Waals surface area (Å²) in [7, 11) is 1.55. The molecule has 1 aromatic carbocycles. The van der Waals surface area contributed by atoms with Crippen molar-refractivity contribution in [2.24, 2.45) is 0 Å². The minimum absolute atomic E-state index is 0.102. The van der Waals surface area contributed by atoms with Crippen molar-refractivity contribution < 1.29 is 19.1 Å². The van der Waals surface area contributed by atoms with Crippen molar-refractivity contribution in [1.82, 2.24) is 10.3 Å². The number of thioether (sulfide) groups is 1. The first-order valence-corrected chi connectivity index (χ1v) is 9.83. The van der Waals surface area contributed by atoms with E-state index in [1.54, 1.807) is 38.4 Å². The van der Waals surface area contributed by atoms with E-state index in [0.717, 1.165) is 29.3 Å². The number of rotatable bonds is 10. The number of aromatic nitrogens is 1. The Bertz CT molecular complexity index is 821. The molecule has 0 saturated heterocycles. The molecule has 0 fully saturated rings. The van der Waals surface area contributed by atoms with Gasteiger partial charge in [-0.3, -0.25) is 19.4 Å². The number of hydrogen-bond donors (Lipinski definition) is 1. The summed E-state index contributed by atoms with van der Waals surface area (Å²) in [5.74, 6) is 0.144. The molecule has 0 aliphatic carbocycles. The normalized spacial score (nSPS) is 12.7. The smallest absolute Gasteiger partial charge is 0.236 e. The molecular formula is C21H24N2O4S. The Morgan fingerprint density at radius 1 is 1.18 bits per heavy atom. The summed E-state index contributed by atoms with van der Waals surface area (Å²) in [5, 5.41) is 2.59. The third-order valence-electron chi connectivity index (χ3n) is 4.37. The van der Waals surface area contributed by atoms with Gasteiger partial charge in [0.25, 0.3) is 0 Å². The Morgan fingerprint density at radius 3 is 2.39 bits per heavy atom. The highest BCUT2D eigenvalue weighted by Gasteiger charge is 2.33. The Balaban J connectivity index is 1.97. The number of ketones is 1. The molecule has 6 nitrogen and oxygen atoms in total. The number of carbonyl (C=O) groups excluding carboxylic acids is 3. The Kier molecular flexibility index (Phi) is 7.75. The molecule has 1 unspecified atom stereocenters. The minimum Gasteiger partial charge on any atom is -0.485 e. The van der Waals surface area contributed by atoms with Crippen LogP contribution in [0.1, 0.15) is 35.5 Å². The lowest BCUT2D eigenvalue weighted by Gasteiger charge is -2.24. The van der Waals surface area contributed by atoms with E-state index >= 15 is 0 Å². The monoisotopic (exact) mass is 400 g/mol. The lowest BCUT2D eigenvalue weighted by Crippen LogP contribution is -2.42. The summed E-state index contributed by atoms with van der Waals surface area (Å²) in [6.07, 6.45) is 2.96. The van der Waals surface area contributed by atoms with Crippen LogP contribution in [0.25, 0.3) is 0 Å². The van der Waals surface area contributed by atoms with Crippen molar-refractivity contribution in [3.05, 3.63) is 59.4 Å². The topological polar surface area (TPSA) is 85.4 Å². The van der Waals surface area contributed by atoms with Crippen molar-refractivity contribution in [3.8, 4) is 5.75 Å². The first-order chi connectivity index (χ1) is 13.4. The molecule has 1 N–H and O–H groups in total. The molecule has 0 aliphatic rings. The van der Waals surface area contributed by atoms with Gasteiger partial charge < -0.3 is 10.1 Å².